The number of Topliss-reactive ketones (excluding diaryl/α,β-unsaturated/α-hetero) is 3. The Labute approximate surface area is 258 Å². The first-order valence-corrected chi connectivity index (χ1v) is 15.8. The van der Waals surface area contributed by atoms with Crippen molar-refractivity contribution in [3.8, 4) is 0 Å². The predicted octanol–water partition coefficient (Wildman–Crippen LogP) is 8.31. The summed E-state index contributed by atoms with van der Waals surface area (Å²) in [5.41, 5.74) is 5.57. The highest BCUT2D eigenvalue weighted by molar-refractivity contribution is 5.98. The molecule has 1 aliphatic heterocycles. The fourth-order valence-electron chi connectivity index (χ4n) is 6.64. The Morgan fingerprint density at radius 2 is 1.53 bits per heavy atom. The fourth-order valence-corrected chi connectivity index (χ4v) is 6.64. The quantitative estimate of drug-likeness (QED) is 0.191. The van der Waals surface area contributed by atoms with E-state index < -0.39 is 23.4 Å². The first-order valence-electron chi connectivity index (χ1n) is 15.8. The van der Waals surface area contributed by atoms with E-state index >= 15 is 0 Å². The summed E-state index contributed by atoms with van der Waals surface area (Å²) in [6, 6.07) is 24.3. The molecule has 3 aromatic rings. The third-order valence-corrected chi connectivity index (χ3v) is 9.65. The minimum atomic E-state index is -0.720. The molecular weight excluding hydrogens is 532 g/mol. The monoisotopic (exact) mass is 580 g/mol. The molecule has 0 aliphatic carbocycles. The van der Waals surface area contributed by atoms with E-state index in [1.807, 2.05) is 71.0 Å². The Balaban J connectivity index is 1.53. The smallest absolute Gasteiger partial charge is 0.163 e. The number of rotatable bonds is 13. The summed E-state index contributed by atoms with van der Waals surface area (Å²) >= 11 is 0. The lowest BCUT2D eigenvalue weighted by Gasteiger charge is -2.30. The maximum atomic E-state index is 14.3. The molecule has 1 saturated heterocycles. The zero-order chi connectivity index (χ0) is 31.3. The summed E-state index contributed by atoms with van der Waals surface area (Å²) in [6.45, 7) is 14.4. The highest BCUT2D eigenvalue weighted by Gasteiger charge is 2.51. The standard InChI is InChI=1S/C39H48O4/c1-25(2)31-19-16-29(17-20-31)18-21-35(40)37-34(24-43-39(37,6)7)38(42)28(5)32(22-30-13-9-8-10-14-30)23-36(41)33-15-11-12-26(3)27(33)4/h8-17,19-20,25,28,32,34,37H,18,21-24H2,1-7H3. The Morgan fingerprint density at radius 1 is 0.860 bits per heavy atom. The maximum Gasteiger partial charge on any atom is 0.163 e. The summed E-state index contributed by atoms with van der Waals surface area (Å²) in [5.74, 6) is -1.01. The molecule has 1 aliphatic rings. The molecule has 1 heterocycles. The molecule has 228 valence electrons. The molecule has 4 atom stereocenters. The van der Waals surface area contributed by atoms with Crippen LogP contribution in [0.1, 0.15) is 91.6 Å². The van der Waals surface area contributed by atoms with Crippen LogP contribution in [0.15, 0.2) is 72.8 Å². The van der Waals surface area contributed by atoms with Crippen molar-refractivity contribution in [1.82, 2.24) is 0 Å². The van der Waals surface area contributed by atoms with E-state index in [0.29, 0.717) is 25.2 Å². The van der Waals surface area contributed by atoms with E-state index in [0.717, 1.165) is 27.8 Å². The molecule has 0 spiro atoms. The number of ether oxygens (including phenoxy) is 1. The van der Waals surface area contributed by atoms with E-state index in [1.54, 1.807) is 0 Å². The first-order chi connectivity index (χ1) is 20.4. The van der Waals surface area contributed by atoms with Crippen LogP contribution in [0.25, 0.3) is 0 Å². The van der Waals surface area contributed by atoms with Crippen LogP contribution in [0, 0.1) is 37.5 Å². The Kier molecular flexibility index (Phi) is 10.6. The van der Waals surface area contributed by atoms with Gasteiger partial charge in [-0.25, -0.2) is 0 Å². The van der Waals surface area contributed by atoms with Crippen LogP contribution in [0.3, 0.4) is 0 Å². The summed E-state index contributed by atoms with van der Waals surface area (Å²) in [5, 5.41) is 0. The number of carbonyl (C=O) groups is 3. The molecule has 0 saturated carbocycles. The van der Waals surface area contributed by atoms with Crippen molar-refractivity contribution >= 4 is 17.3 Å². The predicted molar refractivity (Wildman–Crippen MR) is 174 cm³/mol. The van der Waals surface area contributed by atoms with Gasteiger partial charge in [-0.15, -0.1) is 0 Å². The van der Waals surface area contributed by atoms with Crippen LogP contribution in [0.2, 0.25) is 0 Å². The average Bonchev–Trinajstić information content (AvgIpc) is 3.31. The molecule has 4 rings (SSSR count). The van der Waals surface area contributed by atoms with Gasteiger partial charge in [0.25, 0.3) is 0 Å². The number of ketones is 3. The largest absolute Gasteiger partial charge is 0.374 e. The lowest BCUT2D eigenvalue weighted by Crippen LogP contribution is -2.41. The van der Waals surface area contributed by atoms with E-state index in [1.165, 1.54) is 5.56 Å². The normalized spacial score (nSPS) is 19.3. The lowest BCUT2D eigenvalue weighted by molar-refractivity contribution is -0.135. The van der Waals surface area contributed by atoms with Crippen LogP contribution in [-0.2, 0) is 27.2 Å². The van der Waals surface area contributed by atoms with Gasteiger partial charge < -0.3 is 4.74 Å². The molecule has 1 fully saturated rings. The summed E-state index contributed by atoms with van der Waals surface area (Å²) in [4.78, 5) is 41.6. The summed E-state index contributed by atoms with van der Waals surface area (Å²) < 4.78 is 6.12. The van der Waals surface area contributed by atoms with Crippen molar-refractivity contribution in [3.63, 3.8) is 0 Å². The highest BCUT2D eigenvalue weighted by atomic mass is 16.5. The molecule has 0 amide bonds. The van der Waals surface area contributed by atoms with Gasteiger partial charge in [0.15, 0.2) is 5.78 Å². The van der Waals surface area contributed by atoms with Crippen LogP contribution >= 0.6 is 0 Å². The molecule has 0 radical (unpaired) electrons. The lowest BCUT2D eigenvalue weighted by atomic mass is 9.71. The van der Waals surface area contributed by atoms with Gasteiger partial charge in [-0.05, 0) is 80.2 Å². The third kappa shape index (κ3) is 7.78. The van der Waals surface area contributed by atoms with Gasteiger partial charge in [0, 0.05) is 24.3 Å². The Bertz CT molecular complexity index is 1420. The molecule has 0 bridgehead atoms. The first kappa shape index (κ1) is 32.5. The molecule has 4 nitrogen and oxygen atoms in total. The average molecular weight is 581 g/mol. The molecule has 43 heavy (non-hydrogen) atoms. The zero-order valence-electron chi connectivity index (χ0n) is 27.0. The summed E-state index contributed by atoms with van der Waals surface area (Å²) in [6.07, 6.45) is 1.90. The molecule has 0 N–H and O–H groups in total. The van der Waals surface area contributed by atoms with E-state index in [4.69, 9.17) is 4.74 Å². The van der Waals surface area contributed by atoms with Crippen molar-refractivity contribution in [2.45, 2.75) is 85.7 Å². The van der Waals surface area contributed by atoms with Gasteiger partial charge in [-0.1, -0.05) is 93.6 Å². The van der Waals surface area contributed by atoms with Gasteiger partial charge in [0.2, 0.25) is 0 Å². The van der Waals surface area contributed by atoms with Crippen LogP contribution in [-0.4, -0.2) is 29.6 Å². The minimum absolute atomic E-state index is 0.0277. The second kappa shape index (κ2) is 13.9. The third-order valence-electron chi connectivity index (χ3n) is 9.65. The van der Waals surface area contributed by atoms with Gasteiger partial charge in [-0.3, -0.25) is 14.4 Å². The van der Waals surface area contributed by atoms with Crippen LogP contribution in [0.4, 0.5) is 0 Å². The topological polar surface area (TPSA) is 60.4 Å². The number of hydrogen-bond acceptors (Lipinski definition) is 4. The number of aryl methyl sites for hydroxylation is 2. The second-order valence-electron chi connectivity index (χ2n) is 13.4. The van der Waals surface area contributed by atoms with E-state index in [2.05, 4.69) is 50.2 Å². The molecule has 4 unspecified atom stereocenters. The SMILES string of the molecule is Cc1cccc(C(=O)CC(Cc2ccccc2)C(C)C(=O)C2COC(C)(C)C2C(=O)CCc2ccc(C(C)C)cc2)c1C. The van der Waals surface area contributed by atoms with E-state index in [-0.39, 0.29) is 36.3 Å². The van der Waals surface area contributed by atoms with Gasteiger partial charge in [0.05, 0.1) is 24.0 Å². The van der Waals surface area contributed by atoms with Crippen LogP contribution < -0.4 is 0 Å². The van der Waals surface area contributed by atoms with Gasteiger partial charge >= 0.3 is 0 Å². The van der Waals surface area contributed by atoms with Crippen LogP contribution in [0.5, 0.6) is 0 Å². The number of hydrogen-bond donors (Lipinski definition) is 0. The summed E-state index contributed by atoms with van der Waals surface area (Å²) in [7, 11) is 0. The molecule has 3 aromatic carbocycles. The number of benzene rings is 3. The molecular formula is C39H48O4. The Hall–Kier alpha value is -3.37. The highest BCUT2D eigenvalue weighted by Crippen LogP contribution is 2.41. The maximum absolute atomic E-state index is 14.3. The fraction of sp³-hybridized carbons (Fsp3) is 0.462. The zero-order valence-corrected chi connectivity index (χ0v) is 27.0. The molecule has 0 aromatic heterocycles. The van der Waals surface area contributed by atoms with Crippen molar-refractivity contribution in [2.24, 2.45) is 23.7 Å². The van der Waals surface area contributed by atoms with Gasteiger partial charge in [-0.2, -0.15) is 0 Å². The van der Waals surface area contributed by atoms with E-state index in [9.17, 15) is 14.4 Å². The van der Waals surface area contributed by atoms with Crippen molar-refractivity contribution < 1.29 is 19.1 Å². The van der Waals surface area contributed by atoms with Crippen molar-refractivity contribution in [1.29, 1.82) is 0 Å². The van der Waals surface area contributed by atoms with Gasteiger partial charge in [0.1, 0.15) is 11.6 Å². The minimum Gasteiger partial charge on any atom is -0.374 e. The Morgan fingerprint density at radius 3 is 2.19 bits per heavy atom. The second-order valence-corrected chi connectivity index (χ2v) is 13.4. The molecule has 4 heteroatoms. The number of carbonyl (C=O) groups excluding carboxylic acids is 3. The van der Waals surface area contributed by atoms with Crippen molar-refractivity contribution in [2.75, 3.05) is 6.61 Å². The van der Waals surface area contributed by atoms with Crippen molar-refractivity contribution in [3.05, 3.63) is 106 Å².